The molecule has 4 N–H and O–H groups in total. The summed E-state index contributed by atoms with van der Waals surface area (Å²) in [6.45, 7) is 2.91. The van der Waals surface area contributed by atoms with Gasteiger partial charge >= 0.3 is 5.97 Å². The number of imidazole rings is 1. The second kappa shape index (κ2) is 13.4. The zero-order valence-electron chi connectivity index (χ0n) is 22.3. The average molecular weight is 576 g/mol. The van der Waals surface area contributed by atoms with Crippen LogP contribution in [0.3, 0.4) is 0 Å². The Balaban J connectivity index is 0.000000255. The van der Waals surface area contributed by atoms with Crippen molar-refractivity contribution in [3.8, 4) is 22.6 Å². The van der Waals surface area contributed by atoms with Crippen LogP contribution in [-0.2, 0) is 6.54 Å². The average Bonchev–Trinajstić information content (AvgIpc) is 3.32. The highest BCUT2D eigenvalue weighted by Gasteiger charge is 2.22. The second-order valence-corrected chi connectivity index (χ2v) is 9.58. The van der Waals surface area contributed by atoms with E-state index < -0.39 is 5.97 Å². The minimum atomic E-state index is -1.10. The first kappa shape index (κ1) is 29.9. The Morgan fingerprint density at radius 1 is 1.03 bits per heavy atom. The van der Waals surface area contributed by atoms with Crippen molar-refractivity contribution < 1.29 is 19.4 Å². The molecule has 11 nitrogen and oxygen atoms in total. The third-order valence-corrected chi connectivity index (χ3v) is 6.46. The molecule has 0 saturated heterocycles. The number of anilines is 1. The van der Waals surface area contributed by atoms with E-state index in [0.717, 1.165) is 25.3 Å². The number of aromatic carboxylic acids is 1. The lowest BCUT2D eigenvalue weighted by atomic mass is 10.00. The van der Waals surface area contributed by atoms with Crippen molar-refractivity contribution in [2.75, 3.05) is 54.2 Å². The number of hydrogen-bond donors (Lipinski definition) is 3. The van der Waals surface area contributed by atoms with Gasteiger partial charge in [-0.25, -0.2) is 9.78 Å². The molecular formula is C26H31Cl2N7O4. The third-order valence-electron chi connectivity index (χ3n) is 5.71. The fourth-order valence-electron chi connectivity index (χ4n) is 3.74. The molecular weight excluding hydrogens is 545 g/mol. The monoisotopic (exact) mass is 575 g/mol. The Hall–Kier alpha value is -3.64. The number of aromatic nitrogens is 4. The first-order chi connectivity index (χ1) is 18.6. The van der Waals surface area contributed by atoms with Crippen LogP contribution in [0.4, 0.5) is 5.95 Å². The molecule has 208 valence electrons. The maximum Gasteiger partial charge on any atom is 0.337 e. The number of likely N-dealkylation sites (N-methyl/N-ethyl adjacent to an activating group) is 2. The molecule has 0 aliphatic heterocycles. The molecule has 4 rings (SSSR count). The van der Waals surface area contributed by atoms with Crippen LogP contribution in [0, 0.1) is 0 Å². The van der Waals surface area contributed by atoms with E-state index in [2.05, 4.69) is 50.9 Å². The van der Waals surface area contributed by atoms with E-state index in [1.54, 1.807) is 12.1 Å². The molecule has 0 radical (unpaired) electrons. The van der Waals surface area contributed by atoms with Gasteiger partial charge in [0.05, 0.1) is 41.0 Å². The van der Waals surface area contributed by atoms with Gasteiger partial charge in [-0.1, -0.05) is 29.3 Å². The van der Waals surface area contributed by atoms with Crippen LogP contribution in [0.15, 0.2) is 36.8 Å². The van der Waals surface area contributed by atoms with Crippen molar-refractivity contribution >= 4 is 46.2 Å². The molecule has 2 aromatic heterocycles. The summed E-state index contributed by atoms with van der Waals surface area (Å²) >= 11 is 12.9. The number of rotatable bonds is 9. The van der Waals surface area contributed by atoms with E-state index in [1.807, 2.05) is 6.20 Å². The summed E-state index contributed by atoms with van der Waals surface area (Å²) in [6, 6.07) is 4.60. The summed E-state index contributed by atoms with van der Waals surface area (Å²) in [6.07, 6.45) is 4.74. The number of carboxylic acids is 1. The molecule has 0 aliphatic rings. The van der Waals surface area contributed by atoms with E-state index in [0.29, 0.717) is 34.1 Å². The third kappa shape index (κ3) is 7.27. The largest absolute Gasteiger partial charge is 0.495 e. The zero-order valence-corrected chi connectivity index (χ0v) is 23.8. The number of fused-ring (bicyclic) bond motifs is 1. The highest BCUT2D eigenvalue weighted by Crippen LogP contribution is 2.47. The van der Waals surface area contributed by atoms with Crippen LogP contribution >= 0.6 is 23.2 Å². The Labute approximate surface area is 236 Å². The minimum Gasteiger partial charge on any atom is -0.495 e. The molecule has 0 unspecified atom stereocenters. The molecule has 0 spiro atoms. The predicted octanol–water partition coefficient (Wildman–Crippen LogP) is 4.30. The van der Waals surface area contributed by atoms with E-state index in [4.69, 9.17) is 38.4 Å². The molecule has 0 saturated carbocycles. The van der Waals surface area contributed by atoms with Gasteiger partial charge in [0.1, 0.15) is 17.0 Å². The summed E-state index contributed by atoms with van der Waals surface area (Å²) < 4.78 is 10.6. The lowest BCUT2D eigenvalue weighted by Gasteiger charge is -2.17. The van der Waals surface area contributed by atoms with Crippen molar-refractivity contribution in [3.63, 3.8) is 0 Å². The summed E-state index contributed by atoms with van der Waals surface area (Å²) in [5, 5.41) is 9.89. The fraction of sp³-hybridized carbons (Fsp3) is 0.308. The Kier molecular flexibility index (Phi) is 10.3. The quantitative estimate of drug-likeness (QED) is 0.264. The molecule has 0 amide bonds. The number of hydrogen-bond acceptors (Lipinski definition) is 9. The second-order valence-electron chi connectivity index (χ2n) is 8.82. The van der Waals surface area contributed by atoms with Crippen LogP contribution in [0.25, 0.3) is 22.2 Å². The molecule has 2 aromatic carbocycles. The van der Waals surface area contributed by atoms with Gasteiger partial charge in [0.2, 0.25) is 0 Å². The number of H-pyrrole nitrogens is 1. The van der Waals surface area contributed by atoms with Gasteiger partial charge in [-0.3, -0.25) is 14.9 Å². The predicted molar refractivity (Wildman–Crippen MR) is 153 cm³/mol. The fourth-order valence-corrected chi connectivity index (χ4v) is 4.44. The Morgan fingerprint density at radius 3 is 2.15 bits per heavy atom. The van der Waals surface area contributed by atoms with Gasteiger partial charge in [0.15, 0.2) is 5.95 Å². The molecule has 39 heavy (non-hydrogen) atoms. The van der Waals surface area contributed by atoms with Gasteiger partial charge in [-0.2, -0.15) is 0 Å². The van der Waals surface area contributed by atoms with Gasteiger partial charge in [0, 0.05) is 55.4 Å². The molecule has 0 aliphatic carbocycles. The molecule has 2 heterocycles. The van der Waals surface area contributed by atoms with Crippen LogP contribution in [0.2, 0.25) is 10.0 Å². The maximum absolute atomic E-state index is 11.4. The van der Waals surface area contributed by atoms with Crippen molar-refractivity contribution in [2.24, 2.45) is 0 Å². The lowest BCUT2D eigenvalue weighted by molar-refractivity contribution is 0.0699. The Bertz CT molecular complexity index is 1420. The number of nitrogen functional groups attached to an aromatic ring is 1. The van der Waals surface area contributed by atoms with E-state index in [1.165, 1.54) is 32.7 Å². The smallest absolute Gasteiger partial charge is 0.337 e. The van der Waals surface area contributed by atoms with Crippen LogP contribution in [-0.4, -0.2) is 89.3 Å². The highest BCUT2D eigenvalue weighted by molar-refractivity contribution is 6.41. The van der Waals surface area contributed by atoms with Crippen molar-refractivity contribution in [3.05, 3.63) is 58.1 Å². The summed E-state index contributed by atoms with van der Waals surface area (Å²) in [5.74, 6) is 0.132. The number of carbonyl (C=O) groups is 1. The molecule has 0 fully saturated rings. The topological polar surface area (TPSA) is 143 Å². The van der Waals surface area contributed by atoms with Crippen molar-refractivity contribution in [1.29, 1.82) is 0 Å². The molecule has 0 atom stereocenters. The number of aromatic amines is 1. The summed E-state index contributed by atoms with van der Waals surface area (Å²) in [5.41, 5.74) is 8.07. The number of ether oxygens (including phenoxy) is 2. The maximum atomic E-state index is 11.4. The molecule has 0 bridgehead atoms. The minimum absolute atomic E-state index is 0.0361. The number of methoxy groups -OCH3 is 2. The first-order valence-corrected chi connectivity index (χ1v) is 12.5. The first-order valence-electron chi connectivity index (χ1n) is 11.8. The number of carboxylic acid groups (broad SMARTS) is 1. The lowest BCUT2D eigenvalue weighted by Crippen LogP contribution is -2.28. The van der Waals surface area contributed by atoms with Crippen LogP contribution in [0.1, 0.15) is 16.1 Å². The van der Waals surface area contributed by atoms with Gasteiger partial charge in [0.25, 0.3) is 0 Å². The molecule has 13 heteroatoms. The van der Waals surface area contributed by atoms with Crippen molar-refractivity contribution in [2.45, 2.75) is 6.54 Å². The summed E-state index contributed by atoms with van der Waals surface area (Å²) in [4.78, 5) is 31.2. The van der Waals surface area contributed by atoms with Gasteiger partial charge in [-0.05, 0) is 27.2 Å². The van der Waals surface area contributed by atoms with Crippen molar-refractivity contribution in [1.82, 2.24) is 29.7 Å². The van der Waals surface area contributed by atoms with Crippen LogP contribution in [0.5, 0.6) is 11.5 Å². The molecule has 4 aromatic rings. The number of halogens is 2. The van der Waals surface area contributed by atoms with Gasteiger partial charge in [-0.15, -0.1) is 0 Å². The Morgan fingerprint density at radius 2 is 1.64 bits per heavy atom. The van der Waals surface area contributed by atoms with E-state index in [9.17, 15) is 9.90 Å². The summed E-state index contributed by atoms with van der Waals surface area (Å²) in [7, 11) is 9.17. The normalized spacial score (nSPS) is 11.0. The standard InChI is InChI=1S/C17H12Cl2N2O4.C9H19N5/c1-24-10-7-11(25-2)14(19)12(13(10)18)8-3-4-9(17(22)23)16-15(8)20-5-6-21-16;1-13(2)4-5-14(3)7-8-6-11-9(10)12-8/h3-7H,1-2H3,(H,22,23);6H,4-5,7H2,1-3H3,(H3,10,11,12). The zero-order chi connectivity index (χ0) is 28.7. The van der Waals surface area contributed by atoms with Gasteiger partial charge < -0.3 is 30.2 Å². The number of benzene rings is 2. The van der Waals surface area contributed by atoms with Crippen LogP contribution < -0.4 is 15.2 Å². The number of nitrogens with zero attached hydrogens (tertiary/aromatic N) is 5. The number of nitrogens with one attached hydrogen (secondary N) is 1. The van der Waals surface area contributed by atoms with E-state index in [-0.39, 0.29) is 21.1 Å². The highest BCUT2D eigenvalue weighted by atomic mass is 35.5. The van der Waals surface area contributed by atoms with E-state index >= 15 is 0 Å². The number of nitrogens with two attached hydrogens (primary N) is 1. The SMILES string of the molecule is CN(C)CCN(C)Cc1c[nH]c(N)n1.COc1cc(OC)c(Cl)c(-c2ccc(C(=O)O)c3nccnc23)c1Cl.